The summed E-state index contributed by atoms with van der Waals surface area (Å²) in [7, 11) is 0. The molecule has 2 N–H and O–H groups in total. The molecule has 0 saturated heterocycles. The number of nitrogens with zero attached hydrogens (tertiary/aromatic N) is 1. The Morgan fingerprint density at radius 3 is 2.45 bits per heavy atom. The van der Waals surface area contributed by atoms with E-state index in [1.165, 1.54) is 24.4 Å². The van der Waals surface area contributed by atoms with Gasteiger partial charge in [-0.15, -0.1) is 0 Å². The summed E-state index contributed by atoms with van der Waals surface area (Å²) in [6, 6.07) is 11.0. The molecule has 0 aliphatic heterocycles. The van der Waals surface area contributed by atoms with Crippen molar-refractivity contribution in [3.63, 3.8) is 0 Å². The molecule has 0 spiro atoms. The molecule has 0 bridgehead atoms. The van der Waals surface area contributed by atoms with E-state index < -0.39 is 5.91 Å². The third-order valence-corrected chi connectivity index (χ3v) is 3.19. The number of phenols is 1. The van der Waals surface area contributed by atoms with Crippen LogP contribution in [0.25, 0.3) is 0 Å². The summed E-state index contributed by atoms with van der Waals surface area (Å²) < 4.78 is 0. The quantitative estimate of drug-likeness (QED) is 0.674. The summed E-state index contributed by atoms with van der Waals surface area (Å²) >= 11 is 11.6. The highest BCUT2D eigenvalue weighted by molar-refractivity contribution is 6.42. The highest BCUT2D eigenvalue weighted by Crippen LogP contribution is 2.22. The van der Waals surface area contributed by atoms with Gasteiger partial charge in [-0.1, -0.05) is 23.2 Å². The molecular formula is C14H10Cl2N2O2. The lowest BCUT2D eigenvalue weighted by atomic mass is 10.2. The number of rotatable bonds is 3. The molecule has 2 rings (SSSR count). The molecule has 0 heterocycles. The zero-order valence-corrected chi connectivity index (χ0v) is 11.7. The first-order valence-electron chi connectivity index (χ1n) is 5.64. The van der Waals surface area contributed by atoms with Gasteiger partial charge >= 0.3 is 0 Å². The van der Waals surface area contributed by atoms with E-state index in [0.29, 0.717) is 15.6 Å². The second-order valence-corrected chi connectivity index (χ2v) is 4.73. The minimum atomic E-state index is -0.390. The molecule has 2 aromatic carbocycles. The molecule has 0 radical (unpaired) electrons. The molecule has 0 saturated carbocycles. The van der Waals surface area contributed by atoms with Gasteiger partial charge in [0.1, 0.15) is 5.75 Å². The fraction of sp³-hybridized carbons (Fsp3) is 0. The third-order valence-electron chi connectivity index (χ3n) is 2.45. The van der Waals surface area contributed by atoms with Crippen LogP contribution in [0.2, 0.25) is 10.0 Å². The summed E-state index contributed by atoms with van der Waals surface area (Å²) in [6.45, 7) is 0. The standard InChI is InChI=1S/C14H10Cl2N2O2/c15-12-6-3-10(7-13(12)16)14(20)18-17-8-9-1-4-11(19)5-2-9/h1-8,19H,(H,18,20)/b17-8-. The van der Waals surface area contributed by atoms with Gasteiger partial charge in [-0.3, -0.25) is 4.79 Å². The Morgan fingerprint density at radius 2 is 1.80 bits per heavy atom. The number of amides is 1. The average Bonchev–Trinajstić information content (AvgIpc) is 2.44. The number of hydrogen-bond acceptors (Lipinski definition) is 3. The third kappa shape index (κ3) is 3.73. The van der Waals surface area contributed by atoms with Crippen molar-refractivity contribution in [1.82, 2.24) is 5.43 Å². The van der Waals surface area contributed by atoms with Crippen LogP contribution in [-0.2, 0) is 0 Å². The van der Waals surface area contributed by atoms with Crippen molar-refractivity contribution in [1.29, 1.82) is 0 Å². The lowest BCUT2D eigenvalue weighted by Gasteiger charge is -2.01. The van der Waals surface area contributed by atoms with Crippen molar-refractivity contribution in [3.05, 3.63) is 63.6 Å². The molecule has 0 unspecified atom stereocenters. The molecule has 0 aromatic heterocycles. The summed E-state index contributed by atoms with van der Waals surface area (Å²) in [6.07, 6.45) is 1.47. The van der Waals surface area contributed by atoms with Crippen LogP contribution in [0.3, 0.4) is 0 Å². The van der Waals surface area contributed by atoms with Crippen molar-refractivity contribution in [2.24, 2.45) is 5.10 Å². The maximum absolute atomic E-state index is 11.8. The van der Waals surface area contributed by atoms with Gasteiger partial charge in [-0.2, -0.15) is 5.10 Å². The number of nitrogens with one attached hydrogen (secondary N) is 1. The van der Waals surface area contributed by atoms with Gasteiger partial charge < -0.3 is 5.11 Å². The van der Waals surface area contributed by atoms with E-state index in [2.05, 4.69) is 10.5 Å². The predicted octanol–water partition coefficient (Wildman–Crippen LogP) is 3.46. The molecule has 20 heavy (non-hydrogen) atoms. The van der Waals surface area contributed by atoms with Crippen molar-refractivity contribution in [2.75, 3.05) is 0 Å². The fourth-order valence-electron chi connectivity index (χ4n) is 1.43. The number of halogens is 2. The van der Waals surface area contributed by atoms with E-state index in [0.717, 1.165) is 5.56 Å². The Labute approximate surface area is 125 Å². The van der Waals surface area contributed by atoms with E-state index in [9.17, 15) is 4.79 Å². The maximum atomic E-state index is 11.8. The molecular weight excluding hydrogens is 299 g/mol. The number of hydrazone groups is 1. The zero-order chi connectivity index (χ0) is 14.5. The maximum Gasteiger partial charge on any atom is 0.271 e. The van der Waals surface area contributed by atoms with Crippen LogP contribution in [-0.4, -0.2) is 17.2 Å². The second kappa shape index (κ2) is 6.41. The van der Waals surface area contributed by atoms with Gasteiger partial charge in [-0.25, -0.2) is 5.43 Å². The number of hydrogen-bond donors (Lipinski definition) is 2. The zero-order valence-electron chi connectivity index (χ0n) is 10.2. The van der Waals surface area contributed by atoms with Crippen LogP contribution in [0.1, 0.15) is 15.9 Å². The first kappa shape index (κ1) is 14.4. The number of aromatic hydroxyl groups is 1. The summed E-state index contributed by atoms with van der Waals surface area (Å²) in [5, 5.41) is 13.6. The smallest absolute Gasteiger partial charge is 0.271 e. The van der Waals surface area contributed by atoms with Gasteiger partial charge in [0, 0.05) is 5.56 Å². The Balaban J connectivity index is 2.01. The summed E-state index contributed by atoms with van der Waals surface area (Å²) in [4.78, 5) is 11.8. The van der Waals surface area contributed by atoms with E-state index in [1.54, 1.807) is 24.3 Å². The molecule has 0 aliphatic rings. The van der Waals surface area contributed by atoms with E-state index >= 15 is 0 Å². The molecule has 1 amide bonds. The van der Waals surface area contributed by atoms with Crippen molar-refractivity contribution < 1.29 is 9.90 Å². The number of benzene rings is 2. The minimum absolute atomic E-state index is 0.169. The number of carbonyl (C=O) groups is 1. The van der Waals surface area contributed by atoms with Crippen molar-refractivity contribution in [3.8, 4) is 5.75 Å². The van der Waals surface area contributed by atoms with Crippen LogP contribution in [0.15, 0.2) is 47.6 Å². The van der Waals surface area contributed by atoms with Crippen LogP contribution >= 0.6 is 23.2 Å². The molecule has 0 aliphatic carbocycles. The molecule has 6 heteroatoms. The van der Waals surface area contributed by atoms with Crippen molar-refractivity contribution >= 4 is 35.3 Å². The minimum Gasteiger partial charge on any atom is -0.508 e. The highest BCUT2D eigenvalue weighted by Gasteiger charge is 2.06. The predicted molar refractivity (Wildman–Crippen MR) is 79.6 cm³/mol. The van der Waals surface area contributed by atoms with Gasteiger partial charge in [0.2, 0.25) is 0 Å². The number of carbonyl (C=O) groups excluding carboxylic acids is 1. The largest absolute Gasteiger partial charge is 0.508 e. The van der Waals surface area contributed by atoms with E-state index in [1.807, 2.05) is 0 Å². The highest BCUT2D eigenvalue weighted by atomic mass is 35.5. The Bertz CT molecular complexity index is 655. The SMILES string of the molecule is O=C(N/N=C\c1ccc(O)cc1)c1ccc(Cl)c(Cl)c1. The lowest BCUT2D eigenvalue weighted by molar-refractivity contribution is 0.0955. The molecule has 2 aromatic rings. The Morgan fingerprint density at radius 1 is 1.10 bits per heavy atom. The molecule has 0 fully saturated rings. The van der Waals surface area contributed by atoms with Crippen LogP contribution in [0, 0.1) is 0 Å². The Hall–Kier alpha value is -2.04. The average molecular weight is 309 g/mol. The van der Waals surface area contributed by atoms with Crippen LogP contribution in [0.4, 0.5) is 0 Å². The molecule has 102 valence electrons. The van der Waals surface area contributed by atoms with E-state index in [4.69, 9.17) is 28.3 Å². The van der Waals surface area contributed by atoms with Gasteiger partial charge in [0.25, 0.3) is 5.91 Å². The monoisotopic (exact) mass is 308 g/mol. The lowest BCUT2D eigenvalue weighted by Crippen LogP contribution is -2.17. The van der Waals surface area contributed by atoms with Crippen LogP contribution < -0.4 is 5.43 Å². The first-order valence-corrected chi connectivity index (χ1v) is 6.39. The topological polar surface area (TPSA) is 61.7 Å². The van der Waals surface area contributed by atoms with Gasteiger partial charge in [0.05, 0.1) is 16.3 Å². The van der Waals surface area contributed by atoms with Gasteiger partial charge in [-0.05, 0) is 48.0 Å². The molecule has 0 atom stereocenters. The van der Waals surface area contributed by atoms with E-state index in [-0.39, 0.29) is 5.75 Å². The number of phenolic OH excluding ortho intramolecular Hbond substituents is 1. The summed E-state index contributed by atoms with van der Waals surface area (Å²) in [5.41, 5.74) is 3.49. The van der Waals surface area contributed by atoms with Gasteiger partial charge in [0.15, 0.2) is 0 Å². The summed E-state index contributed by atoms with van der Waals surface area (Å²) in [5.74, 6) is -0.222. The molecule has 4 nitrogen and oxygen atoms in total. The normalized spacial score (nSPS) is 10.7. The Kier molecular flexibility index (Phi) is 4.61. The van der Waals surface area contributed by atoms with Crippen molar-refractivity contribution in [2.45, 2.75) is 0 Å². The first-order chi connectivity index (χ1) is 9.56. The second-order valence-electron chi connectivity index (χ2n) is 3.92. The fourth-order valence-corrected chi connectivity index (χ4v) is 1.73. The van der Waals surface area contributed by atoms with Crippen LogP contribution in [0.5, 0.6) is 5.75 Å².